The second kappa shape index (κ2) is 2.79. The van der Waals surface area contributed by atoms with Crippen molar-refractivity contribution in [2.24, 2.45) is 5.92 Å². The van der Waals surface area contributed by atoms with Gasteiger partial charge in [0.05, 0.1) is 5.69 Å². The molecular weight excluding hydrogens is 160 g/mol. The highest BCUT2D eigenvalue weighted by Crippen LogP contribution is 2.37. The van der Waals surface area contributed by atoms with E-state index in [2.05, 4.69) is 30.7 Å². The van der Waals surface area contributed by atoms with E-state index in [0.717, 1.165) is 12.3 Å². The molecule has 2 heteroatoms. The predicted molar refractivity (Wildman–Crippen MR) is 52.5 cm³/mol. The Morgan fingerprint density at radius 1 is 1.46 bits per heavy atom. The van der Waals surface area contributed by atoms with Crippen LogP contribution in [0.1, 0.15) is 38.4 Å². The fourth-order valence-corrected chi connectivity index (χ4v) is 2.53. The molecule has 13 heavy (non-hydrogen) atoms. The van der Waals surface area contributed by atoms with Crippen LogP contribution in [0, 0.1) is 5.92 Å². The summed E-state index contributed by atoms with van der Waals surface area (Å²) in [5, 5.41) is 0. The van der Waals surface area contributed by atoms with Gasteiger partial charge < -0.3 is 0 Å². The molecule has 1 aliphatic rings. The molecule has 0 fully saturated rings. The molecule has 0 saturated carbocycles. The Balaban J connectivity index is 2.50. The summed E-state index contributed by atoms with van der Waals surface area (Å²) in [6, 6.07) is 0. The van der Waals surface area contributed by atoms with Crippen molar-refractivity contribution in [3.05, 3.63) is 23.8 Å². The zero-order valence-electron chi connectivity index (χ0n) is 8.54. The lowest BCUT2D eigenvalue weighted by atomic mass is 9.72. The molecule has 1 aromatic rings. The highest BCUT2D eigenvalue weighted by Gasteiger charge is 2.32. The lowest BCUT2D eigenvalue weighted by Gasteiger charge is -2.34. The Hall–Kier alpha value is -0.920. The molecule has 0 amide bonds. The average molecular weight is 176 g/mol. The number of rotatable bonds is 0. The Morgan fingerprint density at radius 3 is 3.00 bits per heavy atom. The fourth-order valence-electron chi connectivity index (χ4n) is 2.53. The normalized spacial score (nSPS) is 25.3. The largest absolute Gasteiger partial charge is 0.245 e. The summed E-state index contributed by atoms with van der Waals surface area (Å²) in [6.45, 7) is 6.85. The average Bonchev–Trinajstić information content (AvgIpc) is 2.02. The maximum absolute atomic E-state index is 4.40. The number of hydrogen-bond donors (Lipinski definition) is 0. The molecule has 1 aliphatic carbocycles. The third-order valence-corrected chi connectivity index (χ3v) is 2.86. The zero-order chi connectivity index (χ0) is 9.47. The maximum atomic E-state index is 4.40. The van der Waals surface area contributed by atoms with Crippen LogP contribution < -0.4 is 0 Å². The van der Waals surface area contributed by atoms with Crippen LogP contribution in [0.25, 0.3) is 0 Å². The van der Waals surface area contributed by atoms with Crippen molar-refractivity contribution in [3.63, 3.8) is 0 Å². The molecule has 0 N–H and O–H groups in total. The summed E-state index contributed by atoms with van der Waals surface area (Å²) >= 11 is 0. The molecule has 1 aromatic heterocycles. The van der Waals surface area contributed by atoms with Crippen molar-refractivity contribution in [3.8, 4) is 0 Å². The first-order chi connectivity index (χ1) is 6.09. The van der Waals surface area contributed by atoms with Gasteiger partial charge in [-0.3, -0.25) is 0 Å². The summed E-state index contributed by atoms with van der Waals surface area (Å²) in [5.41, 5.74) is 2.82. The quantitative estimate of drug-likeness (QED) is 0.606. The van der Waals surface area contributed by atoms with Crippen molar-refractivity contribution >= 4 is 0 Å². The molecule has 1 atom stereocenters. The van der Waals surface area contributed by atoms with E-state index in [1.807, 2.05) is 6.20 Å². The van der Waals surface area contributed by atoms with Crippen molar-refractivity contribution < 1.29 is 0 Å². The van der Waals surface area contributed by atoms with Gasteiger partial charge in [-0.2, -0.15) is 0 Å². The summed E-state index contributed by atoms with van der Waals surface area (Å²) in [5.74, 6) is 0.758. The summed E-state index contributed by atoms with van der Waals surface area (Å²) in [7, 11) is 0. The summed E-state index contributed by atoms with van der Waals surface area (Å²) < 4.78 is 0. The van der Waals surface area contributed by atoms with Gasteiger partial charge in [0.15, 0.2) is 0 Å². The van der Waals surface area contributed by atoms with E-state index >= 15 is 0 Å². The van der Waals surface area contributed by atoms with Crippen LogP contribution in [-0.2, 0) is 11.8 Å². The van der Waals surface area contributed by atoms with Crippen LogP contribution in [0.3, 0.4) is 0 Å². The molecule has 0 saturated heterocycles. The second-order valence-corrected chi connectivity index (χ2v) is 4.79. The van der Waals surface area contributed by atoms with Crippen molar-refractivity contribution in [2.75, 3.05) is 0 Å². The van der Waals surface area contributed by atoms with Crippen LogP contribution in [0.4, 0.5) is 0 Å². The van der Waals surface area contributed by atoms with Crippen LogP contribution >= 0.6 is 0 Å². The van der Waals surface area contributed by atoms with E-state index in [1.54, 1.807) is 6.33 Å². The molecule has 2 rings (SSSR count). The van der Waals surface area contributed by atoms with E-state index in [9.17, 15) is 0 Å². The van der Waals surface area contributed by atoms with Gasteiger partial charge in [-0.05, 0) is 24.3 Å². The van der Waals surface area contributed by atoms with Gasteiger partial charge in [-0.1, -0.05) is 20.8 Å². The highest BCUT2D eigenvalue weighted by molar-refractivity contribution is 5.27. The number of nitrogens with zero attached hydrogens (tertiary/aromatic N) is 2. The number of fused-ring (bicyclic) bond motifs is 1. The topological polar surface area (TPSA) is 25.8 Å². The number of aromatic nitrogens is 2. The third kappa shape index (κ3) is 1.45. The Bertz CT molecular complexity index is 318. The lowest BCUT2D eigenvalue weighted by Crippen LogP contribution is -2.29. The Kier molecular flexibility index (Phi) is 1.86. The van der Waals surface area contributed by atoms with Crippen molar-refractivity contribution in [1.82, 2.24) is 9.97 Å². The van der Waals surface area contributed by atoms with Crippen LogP contribution in [-0.4, -0.2) is 9.97 Å². The molecular formula is C11H16N2. The van der Waals surface area contributed by atoms with E-state index in [-0.39, 0.29) is 5.41 Å². The Labute approximate surface area is 79.4 Å². The van der Waals surface area contributed by atoms with E-state index in [1.165, 1.54) is 17.7 Å². The SMILES string of the molecule is CC1Cc2cncnc2C(C)(C)C1. The van der Waals surface area contributed by atoms with Gasteiger partial charge in [0, 0.05) is 11.6 Å². The third-order valence-electron chi connectivity index (χ3n) is 2.86. The monoisotopic (exact) mass is 176 g/mol. The summed E-state index contributed by atoms with van der Waals surface area (Å²) in [6.07, 6.45) is 6.01. The molecule has 70 valence electrons. The minimum atomic E-state index is 0.232. The van der Waals surface area contributed by atoms with Gasteiger partial charge in [-0.15, -0.1) is 0 Å². The van der Waals surface area contributed by atoms with Crippen LogP contribution in [0.2, 0.25) is 0 Å². The molecule has 2 nitrogen and oxygen atoms in total. The predicted octanol–water partition coefficient (Wildman–Crippen LogP) is 2.34. The minimum Gasteiger partial charge on any atom is -0.245 e. The zero-order valence-corrected chi connectivity index (χ0v) is 8.54. The molecule has 1 heterocycles. The first-order valence-electron chi connectivity index (χ1n) is 4.89. The Morgan fingerprint density at radius 2 is 2.23 bits per heavy atom. The van der Waals surface area contributed by atoms with Gasteiger partial charge in [0.1, 0.15) is 6.33 Å². The van der Waals surface area contributed by atoms with Crippen molar-refractivity contribution in [2.45, 2.75) is 39.0 Å². The first kappa shape index (κ1) is 8.67. The van der Waals surface area contributed by atoms with Gasteiger partial charge in [0.2, 0.25) is 0 Å². The molecule has 0 aromatic carbocycles. The molecule has 0 aliphatic heterocycles. The van der Waals surface area contributed by atoms with Gasteiger partial charge >= 0.3 is 0 Å². The highest BCUT2D eigenvalue weighted by atomic mass is 14.8. The fraction of sp³-hybridized carbons (Fsp3) is 0.636. The first-order valence-corrected chi connectivity index (χ1v) is 4.89. The standard InChI is InChI=1S/C11H16N2/c1-8-4-9-6-12-7-13-10(9)11(2,3)5-8/h6-8H,4-5H2,1-3H3. The van der Waals surface area contributed by atoms with Crippen LogP contribution in [0.15, 0.2) is 12.5 Å². The van der Waals surface area contributed by atoms with Crippen LogP contribution in [0.5, 0.6) is 0 Å². The smallest absolute Gasteiger partial charge is 0.115 e. The maximum Gasteiger partial charge on any atom is 0.115 e. The van der Waals surface area contributed by atoms with E-state index in [0.29, 0.717) is 0 Å². The van der Waals surface area contributed by atoms with E-state index in [4.69, 9.17) is 0 Å². The van der Waals surface area contributed by atoms with E-state index < -0.39 is 0 Å². The van der Waals surface area contributed by atoms with Gasteiger partial charge in [0.25, 0.3) is 0 Å². The minimum absolute atomic E-state index is 0.232. The second-order valence-electron chi connectivity index (χ2n) is 4.79. The number of hydrogen-bond acceptors (Lipinski definition) is 2. The van der Waals surface area contributed by atoms with Gasteiger partial charge in [-0.25, -0.2) is 9.97 Å². The van der Waals surface area contributed by atoms with Crippen molar-refractivity contribution in [1.29, 1.82) is 0 Å². The molecule has 0 radical (unpaired) electrons. The molecule has 0 spiro atoms. The molecule has 1 unspecified atom stereocenters. The molecule has 0 bridgehead atoms. The summed E-state index contributed by atoms with van der Waals surface area (Å²) in [4.78, 5) is 8.48. The lowest BCUT2D eigenvalue weighted by molar-refractivity contribution is 0.338.